The van der Waals surface area contributed by atoms with E-state index in [0.29, 0.717) is 11.3 Å². The fraction of sp³-hybridized carbons (Fsp3) is 1.00. The van der Waals surface area contributed by atoms with Gasteiger partial charge in [0.15, 0.2) is 0 Å². The normalized spacial score (nSPS) is 18.0. The molecule has 50 valence electrons. The molecule has 0 amide bonds. The molecular formula is C5H13NS2. The van der Waals surface area contributed by atoms with Gasteiger partial charge in [-0.25, -0.2) is 0 Å². The number of hydrogen-bond acceptors (Lipinski definition) is 3. The Labute approximate surface area is 59.2 Å². The van der Waals surface area contributed by atoms with Gasteiger partial charge in [0.25, 0.3) is 0 Å². The van der Waals surface area contributed by atoms with Crippen LogP contribution < -0.4 is 5.73 Å². The van der Waals surface area contributed by atoms with Crippen molar-refractivity contribution < 1.29 is 0 Å². The van der Waals surface area contributed by atoms with Crippen molar-refractivity contribution in [3.63, 3.8) is 0 Å². The van der Waals surface area contributed by atoms with Gasteiger partial charge in [0.05, 0.1) is 0 Å². The third-order valence-corrected chi connectivity index (χ3v) is 3.40. The summed E-state index contributed by atoms with van der Waals surface area (Å²) in [6.07, 6.45) is 2.07. The molecule has 1 nitrogen and oxygen atoms in total. The molecule has 8 heavy (non-hydrogen) atoms. The van der Waals surface area contributed by atoms with Crippen LogP contribution in [0.1, 0.15) is 13.8 Å². The van der Waals surface area contributed by atoms with Gasteiger partial charge in [-0.3, -0.25) is 0 Å². The third-order valence-electron chi connectivity index (χ3n) is 0.988. The maximum Gasteiger partial charge on any atom is 0.0271 e. The lowest BCUT2D eigenvalue weighted by molar-refractivity contribution is 0.734. The fourth-order valence-corrected chi connectivity index (χ4v) is 2.15. The lowest BCUT2D eigenvalue weighted by atomic mass is 10.3. The monoisotopic (exact) mass is 151 g/mol. The first-order chi connectivity index (χ1) is 3.68. The van der Waals surface area contributed by atoms with Gasteiger partial charge in [0.2, 0.25) is 0 Å². The van der Waals surface area contributed by atoms with Gasteiger partial charge in [-0.1, -0.05) is 28.5 Å². The minimum absolute atomic E-state index is 0.312. The van der Waals surface area contributed by atoms with E-state index in [1.165, 1.54) is 0 Å². The fourth-order valence-electron chi connectivity index (χ4n) is 0.239. The van der Waals surface area contributed by atoms with Crippen LogP contribution in [0.4, 0.5) is 0 Å². The van der Waals surface area contributed by atoms with E-state index >= 15 is 0 Å². The molecule has 0 aliphatic heterocycles. The van der Waals surface area contributed by atoms with Gasteiger partial charge < -0.3 is 5.73 Å². The van der Waals surface area contributed by atoms with E-state index in [-0.39, 0.29) is 0 Å². The largest absolute Gasteiger partial charge is 0.327 e. The average molecular weight is 151 g/mol. The molecule has 0 aromatic rings. The predicted molar refractivity (Wildman–Crippen MR) is 44.2 cm³/mol. The van der Waals surface area contributed by atoms with Crippen LogP contribution in [0.3, 0.4) is 0 Å². The average Bonchev–Trinajstić information content (AvgIpc) is 1.67. The topological polar surface area (TPSA) is 26.0 Å². The summed E-state index contributed by atoms with van der Waals surface area (Å²) in [5, 5.41) is 0.574. The molecule has 2 N–H and O–H groups in total. The number of hydrogen-bond donors (Lipinski definition) is 1. The highest BCUT2D eigenvalue weighted by Crippen LogP contribution is 2.24. The second-order valence-corrected chi connectivity index (χ2v) is 4.67. The van der Waals surface area contributed by atoms with Crippen LogP contribution in [0, 0.1) is 0 Å². The molecule has 0 rings (SSSR count). The molecule has 2 atom stereocenters. The SMILES string of the molecule is CSSC(C)C(C)N. The van der Waals surface area contributed by atoms with Gasteiger partial charge in [-0.15, -0.1) is 0 Å². The highest BCUT2D eigenvalue weighted by Gasteiger charge is 2.05. The molecule has 2 unspecified atom stereocenters. The second-order valence-electron chi connectivity index (χ2n) is 1.83. The lowest BCUT2D eigenvalue weighted by Gasteiger charge is -2.11. The van der Waals surface area contributed by atoms with Crippen molar-refractivity contribution >= 4 is 21.6 Å². The Balaban J connectivity index is 3.17. The maximum absolute atomic E-state index is 5.59. The van der Waals surface area contributed by atoms with E-state index in [9.17, 15) is 0 Å². The minimum Gasteiger partial charge on any atom is -0.327 e. The molecule has 0 heterocycles. The van der Waals surface area contributed by atoms with Crippen molar-refractivity contribution in [2.75, 3.05) is 6.26 Å². The van der Waals surface area contributed by atoms with Crippen LogP contribution in [0.25, 0.3) is 0 Å². The summed E-state index contributed by atoms with van der Waals surface area (Å²) in [4.78, 5) is 0. The first kappa shape index (κ1) is 8.66. The summed E-state index contributed by atoms with van der Waals surface area (Å²) in [5.74, 6) is 0. The van der Waals surface area contributed by atoms with Crippen molar-refractivity contribution in [3.05, 3.63) is 0 Å². The summed E-state index contributed by atoms with van der Waals surface area (Å²) >= 11 is 0. The van der Waals surface area contributed by atoms with Gasteiger partial charge in [-0.2, -0.15) is 0 Å². The zero-order valence-electron chi connectivity index (χ0n) is 5.55. The third kappa shape index (κ3) is 3.64. The molecule has 0 saturated carbocycles. The maximum atomic E-state index is 5.59. The lowest BCUT2D eigenvalue weighted by Crippen LogP contribution is -2.25. The van der Waals surface area contributed by atoms with E-state index in [1.807, 2.05) is 17.7 Å². The number of nitrogens with two attached hydrogens (primary N) is 1. The molecule has 0 fully saturated rings. The Bertz CT molecular complexity index is 56.4. The van der Waals surface area contributed by atoms with Crippen molar-refractivity contribution in [1.82, 2.24) is 0 Å². The van der Waals surface area contributed by atoms with E-state index in [4.69, 9.17) is 5.73 Å². The molecule has 0 aromatic carbocycles. The van der Waals surface area contributed by atoms with Crippen molar-refractivity contribution in [2.45, 2.75) is 25.1 Å². The summed E-state index contributed by atoms with van der Waals surface area (Å²) in [5.41, 5.74) is 5.59. The Morgan fingerprint density at radius 1 is 1.38 bits per heavy atom. The zero-order valence-corrected chi connectivity index (χ0v) is 7.18. The molecule has 0 spiro atoms. The molecule has 0 saturated heterocycles. The van der Waals surface area contributed by atoms with Gasteiger partial charge in [-0.05, 0) is 13.2 Å². The summed E-state index contributed by atoms with van der Waals surface area (Å²) in [7, 11) is 3.61. The van der Waals surface area contributed by atoms with Crippen LogP contribution in [0.5, 0.6) is 0 Å². The van der Waals surface area contributed by atoms with Crippen molar-refractivity contribution in [2.24, 2.45) is 5.73 Å². The zero-order chi connectivity index (χ0) is 6.57. The van der Waals surface area contributed by atoms with E-state index in [0.717, 1.165) is 0 Å². The molecular weight excluding hydrogens is 138 g/mol. The minimum atomic E-state index is 0.312. The van der Waals surface area contributed by atoms with Gasteiger partial charge >= 0.3 is 0 Å². The number of rotatable bonds is 3. The first-order valence-corrected chi connectivity index (χ1v) is 5.25. The first-order valence-electron chi connectivity index (χ1n) is 2.63. The molecule has 0 radical (unpaired) electrons. The van der Waals surface area contributed by atoms with E-state index in [2.05, 4.69) is 13.2 Å². The van der Waals surface area contributed by atoms with Crippen molar-refractivity contribution in [1.29, 1.82) is 0 Å². The standard InChI is InChI=1S/C5H13NS2/c1-4(6)5(2)8-7-3/h4-5H,6H2,1-3H3. The van der Waals surface area contributed by atoms with Crippen LogP contribution in [-0.4, -0.2) is 17.5 Å². The Morgan fingerprint density at radius 2 is 1.88 bits per heavy atom. The van der Waals surface area contributed by atoms with Crippen LogP contribution in [0.2, 0.25) is 0 Å². The summed E-state index contributed by atoms with van der Waals surface area (Å²) in [6.45, 7) is 4.18. The molecule has 0 aliphatic rings. The smallest absolute Gasteiger partial charge is 0.0271 e. The Hall–Kier alpha value is 0.660. The summed E-state index contributed by atoms with van der Waals surface area (Å²) < 4.78 is 0. The highest BCUT2D eigenvalue weighted by molar-refractivity contribution is 8.76. The molecule has 3 heteroatoms. The van der Waals surface area contributed by atoms with Gasteiger partial charge in [0.1, 0.15) is 0 Å². The van der Waals surface area contributed by atoms with Crippen LogP contribution >= 0.6 is 21.6 Å². The molecule has 0 bridgehead atoms. The van der Waals surface area contributed by atoms with Gasteiger partial charge in [0, 0.05) is 11.3 Å². The Kier molecular flexibility index (Phi) is 4.90. The quantitative estimate of drug-likeness (QED) is 0.622. The molecule has 0 aliphatic carbocycles. The van der Waals surface area contributed by atoms with E-state index in [1.54, 1.807) is 10.8 Å². The van der Waals surface area contributed by atoms with Crippen LogP contribution in [-0.2, 0) is 0 Å². The summed E-state index contributed by atoms with van der Waals surface area (Å²) in [6, 6.07) is 0.312. The Morgan fingerprint density at radius 3 is 2.00 bits per heavy atom. The molecule has 0 aromatic heterocycles. The predicted octanol–water partition coefficient (Wildman–Crippen LogP) is 1.73. The van der Waals surface area contributed by atoms with Crippen molar-refractivity contribution in [3.8, 4) is 0 Å². The highest BCUT2D eigenvalue weighted by atomic mass is 33.1. The van der Waals surface area contributed by atoms with Crippen LogP contribution in [0.15, 0.2) is 0 Å². The second kappa shape index (κ2) is 4.53. The van der Waals surface area contributed by atoms with E-state index < -0.39 is 0 Å².